The minimum atomic E-state index is -0.534. The summed E-state index contributed by atoms with van der Waals surface area (Å²) < 4.78 is 15.8. The standard InChI is InChI=1S/C14H11ClFN3O2/c1-8-13-12(5-6-17(8)2)19(21)18(14(13)20)11-4-3-9(16)7-10(11)15/h3-7H,1-2H3. The van der Waals surface area contributed by atoms with Gasteiger partial charge in [-0.2, -0.15) is 0 Å². The Morgan fingerprint density at radius 2 is 2.05 bits per heavy atom. The van der Waals surface area contributed by atoms with E-state index in [9.17, 15) is 14.4 Å². The molecule has 2 heterocycles. The number of rotatable bonds is 1. The van der Waals surface area contributed by atoms with Gasteiger partial charge in [0, 0.05) is 25.0 Å². The molecule has 5 nitrogen and oxygen atoms in total. The van der Waals surface area contributed by atoms with Gasteiger partial charge < -0.3 is 9.77 Å². The van der Waals surface area contributed by atoms with E-state index in [0.29, 0.717) is 16.1 Å². The van der Waals surface area contributed by atoms with E-state index in [1.165, 1.54) is 6.07 Å². The van der Waals surface area contributed by atoms with Gasteiger partial charge >= 0.3 is 5.56 Å². The van der Waals surface area contributed by atoms with Gasteiger partial charge in [0.15, 0.2) is 0 Å². The van der Waals surface area contributed by atoms with Crippen molar-refractivity contribution in [3.05, 3.63) is 62.6 Å². The lowest BCUT2D eigenvalue weighted by Crippen LogP contribution is -2.41. The monoisotopic (exact) mass is 307 g/mol. The van der Waals surface area contributed by atoms with Gasteiger partial charge in [0.25, 0.3) is 5.69 Å². The molecule has 3 rings (SSSR count). The lowest BCUT2D eigenvalue weighted by molar-refractivity contribution is -0.673. The van der Waals surface area contributed by atoms with Crippen LogP contribution in [0.25, 0.3) is 16.9 Å². The first-order valence-electron chi connectivity index (χ1n) is 6.17. The van der Waals surface area contributed by atoms with Crippen molar-refractivity contribution in [1.29, 1.82) is 0 Å². The van der Waals surface area contributed by atoms with Crippen LogP contribution in [0.1, 0.15) is 5.69 Å². The number of hydrogen-bond donors (Lipinski definition) is 0. The molecule has 0 aromatic heterocycles. The van der Waals surface area contributed by atoms with Crippen molar-refractivity contribution < 1.29 is 9.24 Å². The zero-order chi connectivity index (χ0) is 15.3. The van der Waals surface area contributed by atoms with Crippen molar-refractivity contribution >= 4 is 11.6 Å². The van der Waals surface area contributed by atoms with E-state index >= 15 is 0 Å². The summed E-state index contributed by atoms with van der Waals surface area (Å²) in [4.78, 5) is 13.0. The summed E-state index contributed by atoms with van der Waals surface area (Å²) in [6.45, 7) is 1.75. The summed E-state index contributed by atoms with van der Waals surface area (Å²) in [6.07, 6.45) is 1.70. The highest BCUT2D eigenvalue weighted by Gasteiger charge is 2.29. The molecule has 108 valence electrons. The molecule has 2 aliphatic rings. The van der Waals surface area contributed by atoms with Gasteiger partial charge in [-0.15, -0.1) is 0 Å². The molecule has 0 spiro atoms. The number of pyridine rings is 1. The number of halogens is 2. The van der Waals surface area contributed by atoms with Gasteiger partial charge in [-0.25, -0.2) is 4.39 Å². The maximum absolute atomic E-state index is 13.1. The quantitative estimate of drug-likeness (QED) is 0.510. The van der Waals surface area contributed by atoms with Gasteiger partial charge in [-0.05, 0) is 25.1 Å². The van der Waals surface area contributed by atoms with Gasteiger partial charge in [0.1, 0.15) is 17.1 Å². The third kappa shape index (κ3) is 1.91. The predicted molar refractivity (Wildman–Crippen MR) is 76.3 cm³/mol. The fourth-order valence-electron chi connectivity index (χ4n) is 2.32. The Labute approximate surface area is 124 Å². The van der Waals surface area contributed by atoms with Crippen LogP contribution in [0.15, 0.2) is 35.3 Å². The second-order valence-electron chi connectivity index (χ2n) is 4.76. The molecule has 0 aliphatic carbocycles. The van der Waals surface area contributed by atoms with E-state index in [4.69, 9.17) is 11.6 Å². The molecule has 0 N–H and O–H groups in total. The highest BCUT2D eigenvalue weighted by atomic mass is 35.5. The van der Waals surface area contributed by atoms with Crippen molar-refractivity contribution in [2.45, 2.75) is 6.92 Å². The van der Waals surface area contributed by atoms with Crippen molar-refractivity contribution in [3.8, 4) is 16.9 Å². The molecule has 0 amide bonds. The summed E-state index contributed by atoms with van der Waals surface area (Å²) in [5, 5.41) is 12.4. The lowest BCUT2D eigenvalue weighted by atomic mass is 10.1. The Morgan fingerprint density at radius 1 is 1.33 bits per heavy atom. The minimum Gasteiger partial charge on any atom is -0.595 e. The van der Waals surface area contributed by atoms with Crippen LogP contribution in [-0.2, 0) is 7.05 Å². The summed E-state index contributed by atoms with van der Waals surface area (Å²) in [5.74, 6) is -0.534. The highest BCUT2D eigenvalue weighted by Crippen LogP contribution is 2.23. The topological polar surface area (TPSA) is 53.9 Å². The van der Waals surface area contributed by atoms with Gasteiger partial charge in [-0.1, -0.05) is 21.1 Å². The van der Waals surface area contributed by atoms with Crippen LogP contribution in [0.2, 0.25) is 5.02 Å². The van der Waals surface area contributed by atoms with E-state index in [2.05, 4.69) is 0 Å². The van der Waals surface area contributed by atoms with Crippen molar-refractivity contribution in [2.75, 3.05) is 0 Å². The first kappa shape index (κ1) is 13.6. The minimum absolute atomic E-state index is 0.000894. The van der Waals surface area contributed by atoms with Gasteiger partial charge in [0.05, 0.1) is 5.02 Å². The van der Waals surface area contributed by atoms with Crippen LogP contribution >= 0.6 is 11.6 Å². The summed E-state index contributed by atoms with van der Waals surface area (Å²) >= 11 is 5.95. The van der Waals surface area contributed by atoms with E-state index in [1.807, 2.05) is 0 Å². The number of aromatic nitrogens is 3. The number of aryl methyl sites for hydroxylation is 1. The van der Waals surface area contributed by atoms with E-state index < -0.39 is 11.4 Å². The second-order valence-corrected chi connectivity index (χ2v) is 5.17. The van der Waals surface area contributed by atoms with Crippen LogP contribution < -0.4 is 10.4 Å². The number of nitrogens with zero attached hydrogens (tertiary/aromatic N) is 3. The van der Waals surface area contributed by atoms with Crippen molar-refractivity contribution in [3.63, 3.8) is 0 Å². The van der Waals surface area contributed by atoms with E-state index in [1.54, 1.807) is 30.8 Å². The van der Waals surface area contributed by atoms with Crippen LogP contribution in [0.4, 0.5) is 4.39 Å². The van der Waals surface area contributed by atoms with Crippen LogP contribution in [-0.4, -0.2) is 9.25 Å². The Bertz CT molecular complexity index is 885. The second kappa shape index (κ2) is 4.60. The normalized spacial score (nSPS) is 11.2. The summed E-state index contributed by atoms with van der Waals surface area (Å²) in [6, 6.07) is 5.08. The number of fused-ring (bicyclic) bond motifs is 1. The largest absolute Gasteiger partial charge is 0.595 e. The molecular formula is C14H11ClFN3O2. The molecule has 0 fully saturated rings. The van der Waals surface area contributed by atoms with E-state index in [0.717, 1.165) is 16.8 Å². The zero-order valence-corrected chi connectivity index (χ0v) is 12.1. The maximum Gasteiger partial charge on any atom is 0.323 e. The van der Waals surface area contributed by atoms with Gasteiger partial charge in [0.2, 0.25) is 0 Å². The molecule has 0 atom stereocenters. The zero-order valence-electron chi connectivity index (χ0n) is 11.3. The number of benzene rings is 1. The third-order valence-corrected chi connectivity index (χ3v) is 3.84. The smallest absolute Gasteiger partial charge is 0.323 e. The molecule has 7 heteroatoms. The molecule has 1 aromatic rings. The maximum atomic E-state index is 13.1. The molecule has 21 heavy (non-hydrogen) atoms. The SMILES string of the molecule is Cc1c2c(=O)n(-c3ccc(F)cc3Cl)[n+]([O-])c-2ccn1C. The summed E-state index contributed by atoms with van der Waals surface area (Å²) in [5.41, 5.74) is 0.893. The van der Waals surface area contributed by atoms with Crippen LogP contribution in [0.5, 0.6) is 0 Å². The molecule has 1 aromatic carbocycles. The van der Waals surface area contributed by atoms with Crippen LogP contribution in [0, 0.1) is 17.9 Å². The molecule has 0 bridgehead atoms. The Hall–Kier alpha value is -2.34. The first-order chi connectivity index (χ1) is 9.91. The van der Waals surface area contributed by atoms with Gasteiger partial charge in [-0.3, -0.25) is 4.79 Å². The third-order valence-electron chi connectivity index (χ3n) is 3.53. The Balaban J connectivity index is 2.42. The molecule has 0 radical (unpaired) electrons. The molecular weight excluding hydrogens is 297 g/mol. The van der Waals surface area contributed by atoms with Crippen molar-refractivity contribution in [1.82, 2.24) is 9.25 Å². The summed E-state index contributed by atoms with van der Waals surface area (Å²) in [7, 11) is 1.78. The van der Waals surface area contributed by atoms with Crippen LogP contribution in [0.3, 0.4) is 0 Å². The van der Waals surface area contributed by atoms with Crippen molar-refractivity contribution in [2.24, 2.45) is 7.05 Å². The predicted octanol–water partition coefficient (Wildman–Crippen LogP) is 2.02. The molecule has 2 aliphatic heterocycles. The number of hydrogen-bond acceptors (Lipinski definition) is 2. The molecule has 0 unspecified atom stereocenters. The van der Waals surface area contributed by atoms with E-state index in [-0.39, 0.29) is 16.4 Å². The fraction of sp³-hybridized carbons (Fsp3) is 0.143. The average Bonchev–Trinajstić information content (AvgIpc) is 2.67. The lowest BCUT2D eigenvalue weighted by Gasteiger charge is -2.06. The Morgan fingerprint density at radius 3 is 2.71 bits per heavy atom. The highest BCUT2D eigenvalue weighted by molar-refractivity contribution is 6.32. The Kier molecular flexibility index (Phi) is 2.98. The molecule has 0 saturated carbocycles. The average molecular weight is 308 g/mol. The fourth-order valence-corrected chi connectivity index (χ4v) is 2.57. The first-order valence-corrected chi connectivity index (χ1v) is 6.55. The molecule has 0 saturated heterocycles.